The predicted octanol–water partition coefficient (Wildman–Crippen LogP) is 3.38. The average Bonchev–Trinajstić information content (AvgIpc) is 2.68. The fourth-order valence-corrected chi connectivity index (χ4v) is 3.55. The maximum atomic E-state index is 4.38. The molecule has 0 fully saturated rings. The molecule has 2 aromatic rings. The Bertz CT molecular complexity index is 562. The molecule has 1 aliphatic heterocycles. The van der Waals surface area contributed by atoms with Crippen LogP contribution < -0.4 is 5.32 Å². The number of nitrogens with one attached hydrogen (secondary N) is 1. The van der Waals surface area contributed by atoms with Crippen molar-refractivity contribution in [2.75, 3.05) is 11.1 Å². The normalized spacial score (nSPS) is 18.4. The molecular weight excluding hydrogens is 242 g/mol. The molecule has 0 spiro atoms. The molecule has 1 aliphatic rings. The molecule has 1 aromatic carbocycles. The minimum atomic E-state index is 0.408. The standard InChI is InChI=1S/C14H17N3S/c1-10-13(9-17(2)16-10)15-12-7-8-18-14-6-4-3-5-11(12)14/h3-6,9,12,15H,7-8H2,1-2H3. The number of hydrogen-bond donors (Lipinski definition) is 1. The second-order valence-electron chi connectivity index (χ2n) is 4.67. The summed E-state index contributed by atoms with van der Waals surface area (Å²) in [5.74, 6) is 1.17. The summed E-state index contributed by atoms with van der Waals surface area (Å²) >= 11 is 1.95. The lowest BCUT2D eigenvalue weighted by molar-refractivity contribution is 0.727. The number of rotatable bonds is 2. The average molecular weight is 259 g/mol. The van der Waals surface area contributed by atoms with E-state index in [2.05, 4.69) is 40.9 Å². The van der Waals surface area contributed by atoms with Crippen LogP contribution in [0.5, 0.6) is 0 Å². The molecule has 0 radical (unpaired) electrons. The lowest BCUT2D eigenvalue weighted by Crippen LogP contribution is -2.16. The van der Waals surface area contributed by atoms with E-state index >= 15 is 0 Å². The van der Waals surface area contributed by atoms with Gasteiger partial charge in [0.15, 0.2) is 0 Å². The Morgan fingerprint density at radius 3 is 3.00 bits per heavy atom. The van der Waals surface area contributed by atoms with Crippen molar-refractivity contribution in [1.29, 1.82) is 0 Å². The molecule has 3 nitrogen and oxygen atoms in total. The lowest BCUT2D eigenvalue weighted by atomic mass is 10.0. The number of hydrogen-bond acceptors (Lipinski definition) is 3. The summed E-state index contributed by atoms with van der Waals surface area (Å²) < 4.78 is 1.86. The van der Waals surface area contributed by atoms with Crippen LogP contribution >= 0.6 is 11.8 Å². The van der Waals surface area contributed by atoms with Crippen LogP contribution in [0.1, 0.15) is 23.7 Å². The summed E-state index contributed by atoms with van der Waals surface area (Å²) in [4.78, 5) is 1.41. The molecule has 0 bridgehead atoms. The van der Waals surface area contributed by atoms with Gasteiger partial charge in [0.05, 0.1) is 17.4 Å². The Morgan fingerprint density at radius 2 is 2.22 bits per heavy atom. The summed E-state index contributed by atoms with van der Waals surface area (Å²) in [6.45, 7) is 2.05. The van der Waals surface area contributed by atoms with Crippen molar-refractivity contribution in [3.05, 3.63) is 41.7 Å². The second kappa shape index (κ2) is 4.69. The van der Waals surface area contributed by atoms with Gasteiger partial charge in [0.2, 0.25) is 0 Å². The SMILES string of the molecule is Cc1nn(C)cc1NC1CCSc2ccccc21. The molecule has 0 saturated carbocycles. The molecule has 4 heteroatoms. The molecule has 18 heavy (non-hydrogen) atoms. The molecule has 1 N–H and O–H groups in total. The van der Waals surface area contributed by atoms with Crippen molar-refractivity contribution < 1.29 is 0 Å². The molecule has 1 atom stereocenters. The number of aromatic nitrogens is 2. The minimum Gasteiger partial charge on any atom is -0.375 e. The predicted molar refractivity (Wildman–Crippen MR) is 76.1 cm³/mol. The number of thioether (sulfide) groups is 1. The molecule has 1 aromatic heterocycles. The van der Waals surface area contributed by atoms with E-state index in [0.717, 1.165) is 17.8 Å². The Hall–Kier alpha value is -1.42. The fourth-order valence-electron chi connectivity index (χ4n) is 2.42. The van der Waals surface area contributed by atoms with Crippen molar-refractivity contribution in [2.24, 2.45) is 7.05 Å². The summed E-state index contributed by atoms with van der Waals surface area (Å²) in [6.07, 6.45) is 3.22. The molecule has 1 unspecified atom stereocenters. The summed E-state index contributed by atoms with van der Waals surface area (Å²) in [5, 5.41) is 8.01. The molecule has 0 saturated heterocycles. The van der Waals surface area contributed by atoms with Gasteiger partial charge >= 0.3 is 0 Å². The zero-order chi connectivity index (χ0) is 12.5. The maximum Gasteiger partial charge on any atom is 0.0825 e. The largest absolute Gasteiger partial charge is 0.375 e. The van der Waals surface area contributed by atoms with Crippen LogP contribution in [0.2, 0.25) is 0 Å². The Morgan fingerprint density at radius 1 is 1.39 bits per heavy atom. The highest BCUT2D eigenvalue weighted by molar-refractivity contribution is 7.99. The summed E-state index contributed by atoms with van der Waals surface area (Å²) in [5.41, 5.74) is 3.62. The number of nitrogens with zero attached hydrogens (tertiary/aromatic N) is 2. The summed E-state index contributed by atoms with van der Waals surface area (Å²) in [7, 11) is 1.96. The van der Waals surface area contributed by atoms with Gasteiger partial charge in [-0.1, -0.05) is 18.2 Å². The highest BCUT2D eigenvalue weighted by Crippen LogP contribution is 2.37. The Kier molecular flexibility index (Phi) is 3.04. The number of aryl methyl sites for hydroxylation is 2. The van der Waals surface area contributed by atoms with Gasteiger partial charge < -0.3 is 5.32 Å². The zero-order valence-electron chi connectivity index (χ0n) is 10.7. The fraction of sp³-hybridized carbons (Fsp3) is 0.357. The van der Waals surface area contributed by atoms with Crippen LogP contribution in [-0.2, 0) is 7.05 Å². The van der Waals surface area contributed by atoms with Crippen molar-refractivity contribution >= 4 is 17.4 Å². The second-order valence-corrected chi connectivity index (χ2v) is 5.81. The van der Waals surface area contributed by atoms with E-state index in [-0.39, 0.29) is 0 Å². The molecule has 0 aliphatic carbocycles. The first-order valence-electron chi connectivity index (χ1n) is 6.22. The quantitative estimate of drug-likeness (QED) is 0.896. The van der Waals surface area contributed by atoms with Gasteiger partial charge in [-0.05, 0) is 25.0 Å². The minimum absolute atomic E-state index is 0.408. The first-order chi connectivity index (χ1) is 8.74. The van der Waals surface area contributed by atoms with Crippen LogP contribution in [0.4, 0.5) is 5.69 Å². The molecule has 2 heterocycles. The third kappa shape index (κ3) is 2.12. The van der Waals surface area contributed by atoms with Gasteiger partial charge in [0.1, 0.15) is 0 Å². The molecular formula is C14H17N3S. The van der Waals surface area contributed by atoms with Crippen molar-refractivity contribution in [3.63, 3.8) is 0 Å². The molecule has 0 amide bonds. The third-order valence-corrected chi connectivity index (χ3v) is 4.42. The smallest absolute Gasteiger partial charge is 0.0825 e. The van der Waals surface area contributed by atoms with Crippen molar-refractivity contribution in [1.82, 2.24) is 9.78 Å². The lowest BCUT2D eigenvalue weighted by Gasteiger charge is -2.26. The highest BCUT2D eigenvalue weighted by atomic mass is 32.2. The maximum absolute atomic E-state index is 4.38. The van der Waals surface area contributed by atoms with Crippen LogP contribution in [0, 0.1) is 6.92 Å². The van der Waals surface area contributed by atoms with Crippen molar-refractivity contribution in [3.8, 4) is 0 Å². The van der Waals surface area contributed by atoms with Crippen LogP contribution in [0.25, 0.3) is 0 Å². The monoisotopic (exact) mass is 259 g/mol. The summed E-state index contributed by atoms with van der Waals surface area (Å²) in [6, 6.07) is 9.08. The zero-order valence-corrected chi connectivity index (χ0v) is 11.5. The Labute approximate surface area is 112 Å². The van der Waals surface area contributed by atoms with Gasteiger partial charge in [-0.25, -0.2) is 0 Å². The topological polar surface area (TPSA) is 29.9 Å². The van der Waals surface area contributed by atoms with Gasteiger partial charge in [-0.2, -0.15) is 5.10 Å². The first-order valence-corrected chi connectivity index (χ1v) is 7.21. The van der Waals surface area contributed by atoms with Gasteiger partial charge in [-0.15, -0.1) is 11.8 Å². The van der Waals surface area contributed by atoms with E-state index in [1.807, 2.05) is 30.4 Å². The van der Waals surface area contributed by atoms with E-state index in [9.17, 15) is 0 Å². The third-order valence-electron chi connectivity index (χ3n) is 3.30. The van der Waals surface area contributed by atoms with E-state index in [1.165, 1.54) is 16.2 Å². The van der Waals surface area contributed by atoms with Crippen LogP contribution in [0.3, 0.4) is 0 Å². The van der Waals surface area contributed by atoms with Crippen LogP contribution in [0.15, 0.2) is 35.4 Å². The first kappa shape index (κ1) is 11.7. The van der Waals surface area contributed by atoms with E-state index in [1.54, 1.807) is 0 Å². The van der Waals surface area contributed by atoms with Gasteiger partial charge in [0, 0.05) is 23.9 Å². The molecule has 94 valence electrons. The van der Waals surface area contributed by atoms with Gasteiger partial charge in [-0.3, -0.25) is 4.68 Å². The van der Waals surface area contributed by atoms with E-state index < -0.39 is 0 Å². The number of fused-ring (bicyclic) bond motifs is 1. The molecule has 3 rings (SSSR count). The Balaban J connectivity index is 1.88. The van der Waals surface area contributed by atoms with Gasteiger partial charge in [0.25, 0.3) is 0 Å². The number of benzene rings is 1. The van der Waals surface area contributed by atoms with Crippen LogP contribution in [-0.4, -0.2) is 15.5 Å². The van der Waals surface area contributed by atoms with Crippen molar-refractivity contribution in [2.45, 2.75) is 24.3 Å². The highest BCUT2D eigenvalue weighted by Gasteiger charge is 2.20. The van der Waals surface area contributed by atoms with E-state index in [0.29, 0.717) is 6.04 Å². The number of anilines is 1. The van der Waals surface area contributed by atoms with E-state index in [4.69, 9.17) is 0 Å².